The maximum Gasteiger partial charge on any atom is 0.328 e. The number of aryl methyl sites for hydroxylation is 1. The quantitative estimate of drug-likeness (QED) is 0.576. The topological polar surface area (TPSA) is 58.6 Å². The molecule has 1 atom stereocenters. The number of esters is 1. The molecule has 2 amide bonds. The van der Waals surface area contributed by atoms with Gasteiger partial charge in [0.05, 0.1) is 6.61 Å². The third-order valence-electron chi connectivity index (χ3n) is 4.75. The molecule has 150 valence electrons. The fourth-order valence-corrected chi connectivity index (χ4v) is 3.21. The number of carbonyl (C=O) groups is 2. The number of benzene rings is 1. The normalized spacial score (nSPS) is 17.4. The van der Waals surface area contributed by atoms with Crippen LogP contribution in [0.15, 0.2) is 30.3 Å². The van der Waals surface area contributed by atoms with Crippen LogP contribution in [0.4, 0.5) is 4.79 Å². The third kappa shape index (κ3) is 7.61. The monoisotopic (exact) mass is 374 g/mol. The van der Waals surface area contributed by atoms with Gasteiger partial charge in [-0.2, -0.15) is 0 Å². The highest BCUT2D eigenvalue weighted by atomic mass is 16.5. The van der Waals surface area contributed by atoms with Crippen LogP contribution in [0.2, 0.25) is 0 Å². The molecule has 1 aromatic carbocycles. The van der Waals surface area contributed by atoms with Gasteiger partial charge in [-0.05, 0) is 49.5 Å². The van der Waals surface area contributed by atoms with E-state index in [2.05, 4.69) is 38.2 Å². The van der Waals surface area contributed by atoms with E-state index in [1.807, 2.05) is 18.2 Å². The summed E-state index contributed by atoms with van der Waals surface area (Å²) in [7, 11) is 0. The Morgan fingerprint density at radius 1 is 1.15 bits per heavy atom. The molecular weight excluding hydrogens is 340 g/mol. The molecule has 1 aliphatic rings. The average Bonchev–Trinajstić information content (AvgIpc) is 2.66. The highest BCUT2D eigenvalue weighted by Gasteiger charge is 2.33. The van der Waals surface area contributed by atoms with E-state index < -0.39 is 6.04 Å². The molecule has 2 rings (SSSR count). The summed E-state index contributed by atoms with van der Waals surface area (Å²) in [4.78, 5) is 26.7. The van der Waals surface area contributed by atoms with Gasteiger partial charge in [-0.1, -0.05) is 51.1 Å². The molecule has 1 aliphatic heterocycles. The van der Waals surface area contributed by atoms with Crippen LogP contribution in [0.3, 0.4) is 0 Å². The summed E-state index contributed by atoms with van der Waals surface area (Å²) in [6, 6.07) is 9.71. The van der Waals surface area contributed by atoms with Crippen molar-refractivity contribution < 1.29 is 14.3 Å². The van der Waals surface area contributed by atoms with E-state index >= 15 is 0 Å². The Bertz CT molecular complexity index is 595. The van der Waals surface area contributed by atoms with Gasteiger partial charge in [0.2, 0.25) is 0 Å². The molecule has 0 saturated carbocycles. The number of hydrogen-bond donors (Lipinski definition) is 1. The van der Waals surface area contributed by atoms with E-state index in [9.17, 15) is 9.59 Å². The van der Waals surface area contributed by atoms with Crippen LogP contribution in [0.25, 0.3) is 0 Å². The molecule has 1 saturated heterocycles. The minimum absolute atomic E-state index is 0.0141. The van der Waals surface area contributed by atoms with Gasteiger partial charge < -0.3 is 15.0 Å². The predicted octanol–water partition coefficient (Wildman–Crippen LogP) is 4.16. The van der Waals surface area contributed by atoms with Crippen LogP contribution in [0.1, 0.15) is 58.4 Å². The lowest BCUT2D eigenvalue weighted by molar-refractivity contribution is -0.150. The smallest absolute Gasteiger partial charge is 0.328 e. The fraction of sp³-hybridized carbons (Fsp3) is 0.636. The Labute approximate surface area is 163 Å². The Balaban J connectivity index is 1.74. The first-order valence-corrected chi connectivity index (χ1v) is 10.1. The van der Waals surface area contributed by atoms with Crippen molar-refractivity contribution in [1.29, 1.82) is 0 Å². The molecule has 0 bridgehead atoms. The summed E-state index contributed by atoms with van der Waals surface area (Å²) in [6.45, 7) is 7.84. The number of carbonyl (C=O) groups excluding carboxylic acids is 2. The van der Waals surface area contributed by atoms with Gasteiger partial charge in [0.25, 0.3) is 0 Å². The van der Waals surface area contributed by atoms with Gasteiger partial charge >= 0.3 is 12.0 Å². The number of piperidine rings is 1. The third-order valence-corrected chi connectivity index (χ3v) is 4.75. The Morgan fingerprint density at radius 2 is 1.89 bits per heavy atom. The van der Waals surface area contributed by atoms with Crippen molar-refractivity contribution in [3.63, 3.8) is 0 Å². The van der Waals surface area contributed by atoms with Gasteiger partial charge in [0, 0.05) is 13.1 Å². The molecular formula is C22H34N2O3. The first-order chi connectivity index (χ1) is 12.9. The summed E-state index contributed by atoms with van der Waals surface area (Å²) < 4.78 is 5.48. The van der Waals surface area contributed by atoms with Gasteiger partial charge in [-0.25, -0.2) is 9.59 Å². The number of ether oxygens (including phenoxy) is 1. The second kappa shape index (κ2) is 10.3. The van der Waals surface area contributed by atoms with Gasteiger partial charge in [-0.3, -0.25) is 0 Å². The minimum atomic E-state index is -0.451. The van der Waals surface area contributed by atoms with Crippen LogP contribution < -0.4 is 5.32 Å². The molecule has 1 N–H and O–H groups in total. The van der Waals surface area contributed by atoms with Gasteiger partial charge in [0.15, 0.2) is 0 Å². The summed E-state index contributed by atoms with van der Waals surface area (Å²) in [5.41, 5.74) is 1.32. The van der Waals surface area contributed by atoms with Crippen molar-refractivity contribution in [1.82, 2.24) is 10.2 Å². The molecule has 5 heteroatoms. The number of amides is 2. The van der Waals surface area contributed by atoms with Crippen molar-refractivity contribution >= 4 is 12.0 Å². The standard InChI is InChI=1S/C22H34N2O3/c1-22(2,3)17-23-21(26)24-15-9-7-14-19(24)20(25)27-16-10-8-13-18-11-5-4-6-12-18/h4-6,11-12,19H,7-10,13-17H2,1-3H3,(H,23,26)/t19-/m0/s1. The highest BCUT2D eigenvalue weighted by Crippen LogP contribution is 2.19. The zero-order valence-electron chi connectivity index (χ0n) is 17.0. The maximum atomic E-state index is 12.5. The number of likely N-dealkylation sites (tertiary alicyclic amines) is 1. The van der Waals surface area contributed by atoms with Crippen LogP contribution in [0, 0.1) is 5.41 Å². The average molecular weight is 375 g/mol. The van der Waals surface area contributed by atoms with Crippen molar-refractivity contribution in [3.05, 3.63) is 35.9 Å². The SMILES string of the molecule is CC(C)(C)CNC(=O)N1CCCC[C@H]1C(=O)OCCCCc1ccccc1. The van der Waals surface area contributed by atoms with E-state index in [0.717, 1.165) is 32.1 Å². The number of nitrogens with zero attached hydrogens (tertiary/aromatic N) is 1. The molecule has 0 unspecified atom stereocenters. The maximum absolute atomic E-state index is 12.5. The van der Waals surface area contributed by atoms with E-state index in [-0.39, 0.29) is 17.4 Å². The molecule has 27 heavy (non-hydrogen) atoms. The molecule has 0 radical (unpaired) electrons. The number of urea groups is 1. The number of hydrogen-bond acceptors (Lipinski definition) is 3. The molecule has 1 fully saturated rings. The van der Waals surface area contributed by atoms with Gasteiger partial charge in [0.1, 0.15) is 6.04 Å². The van der Waals surface area contributed by atoms with Crippen molar-refractivity contribution in [2.75, 3.05) is 19.7 Å². The first kappa shape index (κ1) is 21.3. The van der Waals surface area contributed by atoms with Crippen molar-refractivity contribution in [3.8, 4) is 0 Å². The van der Waals surface area contributed by atoms with Crippen LogP contribution in [-0.2, 0) is 16.0 Å². The molecule has 5 nitrogen and oxygen atoms in total. The Hall–Kier alpha value is -2.04. The first-order valence-electron chi connectivity index (χ1n) is 10.1. The number of unbranched alkanes of at least 4 members (excludes halogenated alkanes) is 1. The summed E-state index contributed by atoms with van der Waals surface area (Å²) in [5, 5.41) is 2.95. The van der Waals surface area contributed by atoms with Gasteiger partial charge in [-0.15, -0.1) is 0 Å². The number of rotatable bonds is 7. The number of nitrogens with one attached hydrogen (secondary N) is 1. The predicted molar refractivity (Wildman–Crippen MR) is 108 cm³/mol. The minimum Gasteiger partial charge on any atom is -0.464 e. The van der Waals surface area contributed by atoms with E-state index in [1.165, 1.54) is 5.56 Å². The second-order valence-electron chi connectivity index (χ2n) is 8.53. The van der Waals surface area contributed by atoms with Crippen LogP contribution in [0.5, 0.6) is 0 Å². The lowest BCUT2D eigenvalue weighted by atomic mass is 9.97. The lowest BCUT2D eigenvalue weighted by Crippen LogP contribution is -2.53. The van der Waals surface area contributed by atoms with Crippen LogP contribution in [-0.4, -0.2) is 42.6 Å². The lowest BCUT2D eigenvalue weighted by Gasteiger charge is -2.34. The second-order valence-corrected chi connectivity index (χ2v) is 8.53. The van der Waals surface area contributed by atoms with E-state index in [0.29, 0.717) is 26.1 Å². The molecule has 0 spiro atoms. The Kier molecular flexibility index (Phi) is 8.14. The van der Waals surface area contributed by atoms with E-state index in [4.69, 9.17) is 4.74 Å². The molecule has 1 aromatic rings. The van der Waals surface area contributed by atoms with Crippen molar-refractivity contribution in [2.45, 2.75) is 65.3 Å². The largest absolute Gasteiger partial charge is 0.464 e. The van der Waals surface area contributed by atoms with Crippen molar-refractivity contribution in [2.24, 2.45) is 5.41 Å². The Morgan fingerprint density at radius 3 is 2.59 bits per heavy atom. The summed E-state index contributed by atoms with van der Waals surface area (Å²) in [6.07, 6.45) is 5.39. The highest BCUT2D eigenvalue weighted by molar-refractivity contribution is 5.83. The molecule has 0 aromatic heterocycles. The van der Waals surface area contributed by atoms with E-state index in [1.54, 1.807) is 4.90 Å². The fourth-order valence-electron chi connectivity index (χ4n) is 3.21. The zero-order valence-corrected chi connectivity index (χ0v) is 17.0. The summed E-state index contributed by atoms with van der Waals surface area (Å²) >= 11 is 0. The zero-order chi connectivity index (χ0) is 19.7. The van der Waals surface area contributed by atoms with Crippen LogP contribution >= 0.6 is 0 Å². The molecule has 1 heterocycles. The summed E-state index contributed by atoms with van der Waals surface area (Å²) in [5.74, 6) is -0.264. The molecule has 0 aliphatic carbocycles.